The maximum absolute atomic E-state index is 3.32. The molecule has 1 atom stereocenters. The molecule has 1 unspecified atom stereocenters. The molecule has 0 bridgehead atoms. The lowest BCUT2D eigenvalue weighted by atomic mass is 9.92. The molecule has 0 aromatic rings. The second kappa shape index (κ2) is 17.3. The molecule has 0 aliphatic heterocycles. The third-order valence-corrected chi connectivity index (χ3v) is 5.40. The number of rotatable bonds is 17. The lowest BCUT2D eigenvalue weighted by Crippen LogP contribution is -2.13. The molecule has 0 saturated carbocycles. The standard InChI is InChI=1S/C21H45N/c1-5-8-15-21(18-19-22-4)17-14-12-10-9-11-13-16-20(6-2)7-3/h20-22H,5-19H2,1-4H3. The Morgan fingerprint density at radius 1 is 0.591 bits per heavy atom. The SMILES string of the molecule is CCCCC(CCCCCCCCC(CC)CC)CCNC. The van der Waals surface area contributed by atoms with Crippen LogP contribution < -0.4 is 5.32 Å². The average Bonchev–Trinajstić information content (AvgIpc) is 2.55. The lowest BCUT2D eigenvalue weighted by Gasteiger charge is -2.16. The van der Waals surface area contributed by atoms with Gasteiger partial charge in [0.1, 0.15) is 0 Å². The smallest absolute Gasteiger partial charge is 0.00493 e. The van der Waals surface area contributed by atoms with Gasteiger partial charge in [-0.15, -0.1) is 0 Å². The van der Waals surface area contributed by atoms with Gasteiger partial charge >= 0.3 is 0 Å². The average molecular weight is 312 g/mol. The van der Waals surface area contributed by atoms with Gasteiger partial charge in [-0.05, 0) is 31.8 Å². The molecule has 0 aliphatic carbocycles. The molecule has 1 nitrogen and oxygen atoms in total. The van der Waals surface area contributed by atoms with Gasteiger partial charge in [-0.2, -0.15) is 0 Å². The molecule has 0 rings (SSSR count). The molecule has 1 heteroatoms. The zero-order valence-electron chi connectivity index (χ0n) is 16.3. The molecule has 0 aliphatic rings. The van der Waals surface area contributed by atoms with Gasteiger partial charge in [-0.25, -0.2) is 0 Å². The number of hydrogen-bond acceptors (Lipinski definition) is 1. The Bertz CT molecular complexity index is 190. The minimum Gasteiger partial charge on any atom is -0.320 e. The zero-order valence-corrected chi connectivity index (χ0v) is 16.3. The van der Waals surface area contributed by atoms with Crippen LogP contribution in [0.15, 0.2) is 0 Å². The van der Waals surface area contributed by atoms with Crippen molar-refractivity contribution in [3.8, 4) is 0 Å². The molecule has 1 N–H and O–H groups in total. The molecule has 0 radical (unpaired) electrons. The van der Waals surface area contributed by atoms with E-state index in [1.807, 2.05) is 0 Å². The Morgan fingerprint density at radius 2 is 1.09 bits per heavy atom. The van der Waals surface area contributed by atoms with Gasteiger partial charge in [-0.1, -0.05) is 104 Å². The topological polar surface area (TPSA) is 12.0 Å². The minimum absolute atomic E-state index is 0.974. The molecule has 134 valence electrons. The van der Waals surface area contributed by atoms with Crippen molar-refractivity contribution >= 4 is 0 Å². The van der Waals surface area contributed by atoms with Crippen LogP contribution in [0.4, 0.5) is 0 Å². The summed E-state index contributed by atoms with van der Waals surface area (Å²) in [5.74, 6) is 1.97. The number of nitrogens with one attached hydrogen (secondary N) is 1. The van der Waals surface area contributed by atoms with E-state index in [1.54, 1.807) is 0 Å². The lowest BCUT2D eigenvalue weighted by molar-refractivity contribution is 0.381. The van der Waals surface area contributed by atoms with E-state index >= 15 is 0 Å². The third kappa shape index (κ3) is 13.6. The molecule has 0 saturated heterocycles. The van der Waals surface area contributed by atoms with Gasteiger partial charge in [0.2, 0.25) is 0 Å². The van der Waals surface area contributed by atoms with E-state index in [2.05, 4.69) is 33.1 Å². The summed E-state index contributed by atoms with van der Waals surface area (Å²) in [6, 6.07) is 0. The summed E-state index contributed by atoms with van der Waals surface area (Å²) in [6.45, 7) is 8.20. The molecular formula is C21H45N. The summed E-state index contributed by atoms with van der Waals surface area (Å²) >= 11 is 0. The monoisotopic (exact) mass is 311 g/mol. The summed E-state index contributed by atoms with van der Waals surface area (Å²) < 4.78 is 0. The zero-order chi connectivity index (χ0) is 16.5. The molecule has 0 fully saturated rings. The van der Waals surface area contributed by atoms with Crippen molar-refractivity contribution in [2.45, 2.75) is 111 Å². The second-order valence-corrected chi connectivity index (χ2v) is 7.28. The van der Waals surface area contributed by atoms with E-state index in [-0.39, 0.29) is 0 Å². The summed E-state index contributed by atoms with van der Waals surface area (Å²) in [7, 11) is 2.08. The Labute approximate surface area is 142 Å². The van der Waals surface area contributed by atoms with Crippen molar-refractivity contribution in [3.05, 3.63) is 0 Å². The van der Waals surface area contributed by atoms with Crippen LogP contribution in [0.25, 0.3) is 0 Å². The van der Waals surface area contributed by atoms with Crippen molar-refractivity contribution in [1.29, 1.82) is 0 Å². The third-order valence-electron chi connectivity index (χ3n) is 5.40. The molecular weight excluding hydrogens is 266 g/mol. The summed E-state index contributed by atoms with van der Waals surface area (Å²) in [5.41, 5.74) is 0. The summed E-state index contributed by atoms with van der Waals surface area (Å²) in [5, 5.41) is 3.32. The van der Waals surface area contributed by atoms with E-state index in [9.17, 15) is 0 Å². The normalized spacial score (nSPS) is 13.0. The molecule has 0 aromatic heterocycles. The molecule has 0 aromatic carbocycles. The van der Waals surface area contributed by atoms with Crippen molar-refractivity contribution < 1.29 is 0 Å². The van der Waals surface area contributed by atoms with Gasteiger partial charge in [0, 0.05) is 0 Å². The van der Waals surface area contributed by atoms with Crippen molar-refractivity contribution in [1.82, 2.24) is 5.32 Å². The van der Waals surface area contributed by atoms with Crippen molar-refractivity contribution in [3.63, 3.8) is 0 Å². The predicted molar refractivity (Wildman–Crippen MR) is 103 cm³/mol. The van der Waals surface area contributed by atoms with Crippen LogP contribution in [-0.2, 0) is 0 Å². The molecule has 0 spiro atoms. The highest BCUT2D eigenvalue weighted by Gasteiger charge is 2.07. The largest absolute Gasteiger partial charge is 0.320 e. The quantitative estimate of drug-likeness (QED) is 0.286. The first-order valence-corrected chi connectivity index (χ1v) is 10.4. The fraction of sp³-hybridized carbons (Fsp3) is 1.00. The highest BCUT2D eigenvalue weighted by Crippen LogP contribution is 2.21. The van der Waals surface area contributed by atoms with Gasteiger partial charge in [0.15, 0.2) is 0 Å². The van der Waals surface area contributed by atoms with E-state index < -0.39 is 0 Å². The van der Waals surface area contributed by atoms with Crippen LogP contribution in [0, 0.1) is 11.8 Å². The predicted octanol–water partition coefficient (Wildman–Crippen LogP) is 6.96. The van der Waals surface area contributed by atoms with Gasteiger partial charge in [0.25, 0.3) is 0 Å². The summed E-state index contributed by atoms with van der Waals surface area (Å²) in [4.78, 5) is 0. The van der Waals surface area contributed by atoms with Crippen LogP contribution in [0.2, 0.25) is 0 Å². The number of unbranched alkanes of at least 4 members (excludes halogenated alkanes) is 6. The Hall–Kier alpha value is -0.0400. The van der Waals surface area contributed by atoms with Crippen molar-refractivity contribution in [2.24, 2.45) is 11.8 Å². The van der Waals surface area contributed by atoms with Crippen LogP contribution in [0.3, 0.4) is 0 Å². The fourth-order valence-corrected chi connectivity index (χ4v) is 3.54. The molecule has 0 amide bonds. The van der Waals surface area contributed by atoms with Crippen LogP contribution in [-0.4, -0.2) is 13.6 Å². The second-order valence-electron chi connectivity index (χ2n) is 7.28. The van der Waals surface area contributed by atoms with Gasteiger partial charge < -0.3 is 5.32 Å². The highest BCUT2D eigenvalue weighted by molar-refractivity contribution is 4.62. The molecule has 0 heterocycles. The Balaban J connectivity index is 3.47. The van der Waals surface area contributed by atoms with Crippen LogP contribution >= 0.6 is 0 Å². The van der Waals surface area contributed by atoms with Gasteiger partial charge in [-0.3, -0.25) is 0 Å². The maximum atomic E-state index is 3.32. The minimum atomic E-state index is 0.974. The van der Waals surface area contributed by atoms with Crippen LogP contribution in [0.1, 0.15) is 111 Å². The van der Waals surface area contributed by atoms with E-state index in [0.717, 1.165) is 11.8 Å². The van der Waals surface area contributed by atoms with E-state index in [4.69, 9.17) is 0 Å². The fourth-order valence-electron chi connectivity index (χ4n) is 3.54. The first kappa shape index (κ1) is 22.0. The highest BCUT2D eigenvalue weighted by atomic mass is 14.8. The number of hydrogen-bond donors (Lipinski definition) is 1. The first-order chi connectivity index (χ1) is 10.8. The maximum Gasteiger partial charge on any atom is -0.00493 e. The van der Waals surface area contributed by atoms with Crippen LogP contribution in [0.5, 0.6) is 0 Å². The van der Waals surface area contributed by atoms with Crippen molar-refractivity contribution in [2.75, 3.05) is 13.6 Å². The Kier molecular flexibility index (Phi) is 17.3. The molecule has 22 heavy (non-hydrogen) atoms. The van der Waals surface area contributed by atoms with Gasteiger partial charge in [0.05, 0.1) is 0 Å². The first-order valence-electron chi connectivity index (χ1n) is 10.4. The van der Waals surface area contributed by atoms with E-state index in [0.29, 0.717) is 0 Å². The van der Waals surface area contributed by atoms with E-state index in [1.165, 1.54) is 96.4 Å². The Morgan fingerprint density at radius 3 is 1.59 bits per heavy atom. The summed E-state index contributed by atoms with van der Waals surface area (Å²) in [6.07, 6.45) is 20.1.